The van der Waals surface area contributed by atoms with Gasteiger partial charge in [0.1, 0.15) is 5.69 Å². The van der Waals surface area contributed by atoms with Gasteiger partial charge in [0.25, 0.3) is 5.69 Å². The first kappa shape index (κ1) is 13.8. The molecule has 104 valence electrons. The van der Waals surface area contributed by atoms with E-state index in [4.69, 9.17) is 0 Å². The highest BCUT2D eigenvalue weighted by atomic mass is 16.6. The van der Waals surface area contributed by atoms with E-state index >= 15 is 0 Å². The summed E-state index contributed by atoms with van der Waals surface area (Å²) in [6.07, 6.45) is 4.16. The molecular formula is C14H20N2O3. The van der Waals surface area contributed by atoms with Gasteiger partial charge in [-0.05, 0) is 31.4 Å². The van der Waals surface area contributed by atoms with Gasteiger partial charge in [-0.25, -0.2) is 0 Å². The minimum atomic E-state index is -0.363. The van der Waals surface area contributed by atoms with E-state index in [1.54, 1.807) is 12.1 Å². The number of benzene rings is 1. The van der Waals surface area contributed by atoms with Crippen LogP contribution in [-0.2, 0) is 0 Å². The van der Waals surface area contributed by atoms with Crippen LogP contribution >= 0.6 is 0 Å². The molecule has 0 bridgehead atoms. The van der Waals surface area contributed by atoms with Crippen LogP contribution < -0.4 is 5.32 Å². The van der Waals surface area contributed by atoms with Crippen molar-refractivity contribution >= 4 is 11.4 Å². The van der Waals surface area contributed by atoms with Gasteiger partial charge in [-0.1, -0.05) is 18.9 Å². The van der Waals surface area contributed by atoms with Crippen LogP contribution in [0, 0.1) is 23.0 Å². The molecule has 0 aliphatic heterocycles. The maximum absolute atomic E-state index is 11.0. The summed E-state index contributed by atoms with van der Waals surface area (Å²) in [7, 11) is 0. The van der Waals surface area contributed by atoms with Gasteiger partial charge in [-0.3, -0.25) is 10.1 Å². The molecule has 1 fully saturated rings. The molecule has 1 aliphatic rings. The maximum atomic E-state index is 11.0. The van der Waals surface area contributed by atoms with E-state index in [0.717, 1.165) is 31.2 Å². The third-order valence-electron chi connectivity index (χ3n) is 3.83. The molecule has 5 nitrogen and oxygen atoms in total. The van der Waals surface area contributed by atoms with E-state index < -0.39 is 0 Å². The predicted molar refractivity (Wildman–Crippen MR) is 74.3 cm³/mol. The molecule has 0 aromatic heterocycles. The fraction of sp³-hybridized carbons (Fsp3) is 0.571. The van der Waals surface area contributed by atoms with Crippen LogP contribution in [0.2, 0.25) is 0 Å². The summed E-state index contributed by atoms with van der Waals surface area (Å²) in [4.78, 5) is 10.7. The third-order valence-corrected chi connectivity index (χ3v) is 3.83. The first-order valence-electron chi connectivity index (χ1n) is 6.74. The summed E-state index contributed by atoms with van der Waals surface area (Å²) >= 11 is 0. The van der Waals surface area contributed by atoms with E-state index in [1.807, 2.05) is 6.92 Å². The van der Waals surface area contributed by atoms with E-state index in [1.165, 1.54) is 6.07 Å². The minimum Gasteiger partial charge on any atom is -0.396 e. The summed E-state index contributed by atoms with van der Waals surface area (Å²) in [6.45, 7) is 2.05. The summed E-state index contributed by atoms with van der Waals surface area (Å²) in [5, 5.41) is 23.7. The molecule has 2 rings (SSSR count). The molecule has 1 saturated carbocycles. The molecule has 19 heavy (non-hydrogen) atoms. The normalized spacial score (nSPS) is 23.1. The largest absolute Gasteiger partial charge is 0.396 e. The highest BCUT2D eigenvalue weighted by Crippen LogP contribution is 2.31. The van der Waals surface area contributed by atoms with Crippen molar-refractivity contribution in [3.05, 3.63) is 33.9 Å². The number of aryl methyl sites for hydroxylation is 1. The molecule has 0 heterocycles. The van der Waals surface area contributed by atoms with Crippen molar-refractivity contribution in [3.8, 4) is 0 Å². The smallest absolute Gasteiger partial charge is 0.292 e. The van der Waals surface area contributed by atoms with Crippen LogP contribution in [0.25, 0.3) is 0 Å². The number of anilines is 1. The Morgan fingerprint density at radius 2 is 2.16 bits per heavy atom. The lowest BCUT2D eigenvalue weighted by Gasteiger charge is -2.31. The SMILES string of the molecule is Cc1ccc([N+](=O)[O-])c(NC2CCCCC2CO)c1. The van der Waals surface area contributed by atoms with E-state index in [9.17, 15) is 15.2 Å². The van der Waals surface area contributed by atoms with E-state index in [-0.39, 0.29) is 29.2 Å². The average Bonchev–Trinajstić information content (AvgIpc) is 2.39. The quantitative estimate of drug-likeness (QED) is 0.647. The van der Waals surface area contributed by atoms with Crippen molar-refractivity contribution < 1.29 is 10.0 Å². The second-order valence-corrected chi connectivity index (χ2v) is 5.26. The van der Waals surface area contributed by atoms with Crippen LogP contribution in [0.3, 0.4) is 0 Å². The first-order valence-corrected chi connectivity index (χ1v) is 6.74. The predicted octanol–water partition coefficient (Wildman–Crippen LogP) is 2.87. The molecule has 0 spiro atoms. The Bertz CT molecular complexity index is 462. The van der Waals surface area contributed by atoms with Crippen molar-refractivity contribution in [1.29, 1.82) is 0 Å². The zero-order chi connectivity index (χ0) is 13.8. The summed E-state index contributed by atoms with van der Waals surface area (Å²) in [6, 6.07) is 5.21. The van der Waals surface area contributed by atoms with Gasteiger partial charge in [0, 0.05) is 24.6 Å². The van der Waals surface area contributed by atoms with Crippen LogP contribution in [-0.4, -0.2) is 22.7 Å². The third kappa shape index (κ3) is 3.23. The van der Waals surface area contributed by atoms with Gasteiger partial charge >= 0.3 is 0 Å². The standard InChI is InChI=1S/C14H20N2O3/c1-10-6-7-14(16(18)19)13(8-10)15-12-5-3-2-4-11(12)9-17/h6-8,11-12,15,17H,2-5,9H2,1H3. The Hall–Kier alpha value is -1.62. The Labute approximate surface area is 112 Å². The molecule has 1 aromatic rings. The fourth-order valence-corrected chi connectivity index (χ4v) is 2.74. The second kappa shape index (κ2) is 6.02. The Morgan fingerprint density at radius 3 is 2.84 bits per heavy atom. The molecule has 2 unspecified atom stereocenters. The van der Waals surface area contributed by atoms with Gasteiger partial charge in [-0.15, -0.1) is 0 Å². The molecule has 0 saturated heterocycles. The lowest BCUT2D eigenvalue weighted by Crippen LogP contribution is -2.34. The topological polar surface area (TPSA) is 75.4 Å². The zero-order valence-electron chi connectivity index (χ0n) is 11.1. The van der Waals surface area contributed by atoms with Crippen molar-refractivity contribution in [1.82, 2.24) is 0 Å². The fourth-order valence-electron chi connectivity index (χ4n) is 2.74. The van der Waals surface area contributed by atoms with Crippen LogP contribution in [0.15, 0.2) is 18.2 Å². The van der Waals surface area contributed by atoms with E-state index in [2.05, 4.69) is 5.32 Å². The van der Waals surface area contributed by atoms with Crippen molar-refractivity contribution in [2.75, 3.05) is 11.9 Å². The maximum Gasteiger partial charge on any atom is 0.292 e. The summed E-state index contributed by atoms with van der Waals surface area (Å²) < 4.78 is 0. The number of hydrogen-bond acceptors (Lipinski definition) is 4. The van der Waals surface area contributed by atoms with Crippen molar-refractivity contribution in [3.63, 3.8) is 0 Å². The molecule has 2 N–H and O–H groups in total. The highest BCUT2D eigenvalue weighted by Gasteiger charge is 2.26. The number of nitrogens with zero attached hydrogens (tertiary/aromatic N) is 1. The van der Waals surface area contributed by atoms with Gasteiger partial charge in [-0.2, -0.15) is 0 Å². The van der Waals surface area contributed by atoms with Crippen LogP contribution in [0.5, 0.6) is 0 Å². The van der Waals surface area contributed by atoms with Crippen LogP contribution in [0.4, 0.5) is 11.4 Å². The Kier molecular flexibility index (Phi) is 4.37. The number of hydrogen-bond donors (Lipinski definition) is 2. The zero-order valence-corrected chi connectivity index (χ0v) is 11.1. The number of nitrogens with one attached hydrogen (secondary N) is 1. The number of aliphatic hydroxyl groups excluding tert-OH is 1. The average molecular weight is 264 g/mol. The summed E-state index contributed by atoms with van der Waals surface area (Å²) in [5.74, 6) is 0.189. The Balaban J connectivity index is 2.21. The first-order chi connectivity index (χ1) is 9.11. The molecule has 1 aliphatic carbocycles. The number of rotatable bonds is 4. The van der Waals surface area contributed by atoms with Crippen molar-refractivity contribution in [2.24, 2.45) is 5.92 Å². The van der Waals surface area contributed by atoms with Crippen LogP contribution in [0.1, 0.15) is 31.2 Å². The van der Waals surface area contributed by atoms with Gasteiger partial charge in [0.15, 0.2) is 0 Å². The lowest BCUT2D eigenvalue weighted by atomic mass is 9.85. The molecule has 2 atom stereocenters. The molecule has 0 radical (unpaired) electrons. The molecule has 0 amide bonds. The monoisotopic (exact) mass is 264 g/mol. The van der Waals surface area contributed by atoms with Gasteiger partial charge in [0.2, 0.25) is 0 Å². The minimum absolute atomic E-state index is 0.105. The number of nitro groups is 1. The summed E-state index contributed by atoms with van der Waals surface area (Å²) in [5.41, 5.74) is 1.66. The van der Waals surface area contributed by atoms with E-state index in [0.29, 0.717) is 5.69 Å². The Morgan fingerprint density at radius 1 is 1.42 bits per heavy atom. The molecule has 5 heteroatoms. The highest BCUT2D eigenvalue weighted by molar-refractivity contribution is 5.63. The second-order valence-electron chi connectivity index (χ2n) is 5.26. The number of aliphatic hydroxyl groups is 1. The van der Waals surface area contributed by atoms with Gasteiger partial charge < -0.3 is 10.4 Å². The lowest BCUT2D eigenvalue weighted by molar-refractivity contribution is -0.384. The van der Waals surface area contributed by atoms with Crippen molar-refractivity contribution in [2.45, 2.75) is 38.6 Å². The van der Waals surface area contributed by atoms with Gasteiger partial charge in [0.05, 0.1) is 4.92 Å². The molecule has 1 aromatic carbocycles. The molecular weight excluding hydrogens is 244 g/mol. The number of nitro benzene ring substituents is 1.